The molecule has 0 bridgehead atoms. The second kappa shape index (κ2) is 6.67. The van der Waals surface area contributed by atoms with Gasteiger partial charge in [0.25, 0.3) is 10.0 Å². The van der Waals surface area contributed by atoms with Crippen LogP contribution in [-0.2, 0) is 10.0 Å². The highest BCUT2D eigenvalue weighted by atomic mass is 32.2. The summed E-state index contributed by atoms with van der Waals surface area (Å²) in [6.07, 6.45) is 0. The fourth-order valence-electron chi connectivity index (χ4n) is 3.78. The van der Waals surface area contributed by atoms with Gasteiger partial charge >= 0.3 is 0 Å². The second-order valence-corrected chi connectivity index (χ2v) is 8.97. The Kier molecular flexibility index (Phi) is 4.39. The molecule has 1 aliphatic rings. The van der Waals surface area contributed by atoms with Gasteiger partial charge in [-0.15, -0.1) is 0 Å². The maximum absolute atomic E-state index is 13.0. The minimum absolute atomic E-state index is 0.0591. The topological polar surface area (TPSA) is 80.3 Å². The third kappa shape index (κ3) is 3.15. The lowest BCUT2D eigenvalue weighted by Gasteiger charge is -2.19. The van der Waals surface area contributed by atoms with Crippen LogP contribution in [0.15, 0.2) is 59.5 Å². The first-order chi connectivity index (χ1) is 13.7. The first kappa shape index (κ1) is 19.1. The lowest BCUT2D eigenvalue weighted by molar-refractivity contribution is 0.0979. The highest BCUT2D eigenvalue weighted by molar-refractivity contribution is 7.92. The standard InChI is InChI=1S/C23H19NO4S/c1-13-10-14(2)21(15(3)11-13)24-29(27,28)16-8-9-19-20(12-16)23(26)18-7-5-4-6-17(18)22(19)25/h4-12,24H,1-3H3. The van der Waals surface area contributed by atoms with Gasteiger partial charge in [0.2, 0.25) is 0 Å². The van der Waals surface area contributed by atoms with E-state index in [1.807, 2.05) is 32.9 Å². The Morgan fingerprint density at radius 1 is 0.690 bits per heavy atom. The first-order valence-electron chi connectivity index (χ1n) is 9.12. The number of anilines is 1. The smallest absolute Gasteiger partial charge is 0.261 e. The van der Waals surface area contributed by atoms with Crippen LogP contribution in [-0.4, -0.2) is 20.0 Å². The van der Waals surface area contributed by atoms with E-state index >= 15 is 0 Å². The van der Waals surface area contributed by atoms with Crippen molar-refractivity contribution in [3.8, 4) is 0 Å². The molecule has 0 heterocycles. The number of benzene rings is 3. The minimum atomic E-state index is -3.94. The van der Waals surface area contributed by atoms with Gasteiger partial charge in [0, 0.05) is 22.3 Å². The zero-order valence-corrected chi connectivity index (χ0v) is 17.1. The van der Waals surface area contributed by atoms with Crippen molar-refractivity contribution in [1.82, 2.24) is 0 Å². The van der Waals surface area contributed by atoms with Crippen LogP contribution in [0.5, 0.6) is 0 Å². The molecule has 6 heteroatoms. The van der Waals surface area contributed by atoms with Gasteiger partial charge in [-0.3, -0.25) is 14.3 Å². The Balaban J connectivity index is 1.78. The minimum Gasteiger partial charge on any atom is -0.289 e. The van der Waals surface area contributed by atoms with E-state index in [2.05, 4.69) is 4.72 Å². The SMILES string of the molecule is Cc1cc(C)c(NS(=O)(=O)c2ccc3c(c2)C(=O)c2ccccc2C3=O)c(C)c1. The van der Waals surface area contributed by atoms with Gasteiger partial charge in [0.15, 0.2) is 11.6 Å². The monoisotopic (exact) mass is 405 g/mol. The van der Waals surface area contributed by atoms with Crippen molar-refractivity contribution in [2.24, 2.45) is 0 Å². The largest absolute Gasteiger partial charge is 0.289 e. The van der Waals surface area contributed by atoms with Crippen molar-refractivity contribution >= 4 is 27.3 Å². The molecule has 0 atom stereocenters. The lowest BCUT2D eigenvalue weighted by atomic mass is 9.84. The molecule has 0 aliphatic heterocycles. The van der Waals surface area contributed by atoms with Gasteiger partial charge in [-0.2, -0.15) is 0 Å². The van der Waals surface area contributed by atoms with Crippen LogP contribution in [0.3, 0.4) is 0 Å². The summed E-state index contributed by atoms with van der Waals surface area (Å²) in [5.41, 5.74) is 4.13. The number of sulfonamides is 1. The van der Waals surface area contributed by atoms with E-state index < -0.39 is 10.0 Å². The van der Waals surface area contributed by atoms with Crippen molar-refractivity contribution < 1.29 is 18.0 Å². The summed E-state index contributed by atoms with van der Waals surface area (Å²) >= 11 is 0. The summed E-state index contributed by atoms with van der Waals surface area (Å²) < 4.78 is 28.6. The average Bonchev–Trinajstić information content (AvgIpc) is 2.68. The molecule has 4 rings (SSSR count). The summed E-state index contributed by atoms with van der Waals surface area (Å²) in [5, 5.41) is 0. The van der Waals surface area contributed by atoms with E-state index in [-0.39, 0.29) is 33.2 Å². The highest BCUT2D eigenvalue weighted by Crippen LogP contribution is 2.30. The zero-order chi connectivity index (χ0) is 20.9. The number of rotatable bonds is 3. The van der Waals surface area contributed by atoms with E-state index in [1.54, 1.807) is 24.3 Å². The summed E-state index contributed by atoms with van der Waals surface area (Å²) in [4.78, 5) is 25.5. The van der Waals surface area contributed by atoms with Gasteiger partial charge in [0.05, 0.1) is 10.6 Å². The molecule has 1 N–H and O–H groups in total. The molecule has 0 saturated heterocycles. The average molecular weight is 405 g/mol. The normalized spacial score (nSPS) is 13.1. The fraction of sp³-hybridized carbons (Fsp3) is 0.130. The third-order valence-corrected chi connectivity index (χ3v) is 6.47. The number of fused-ring (bicyclic) bond motifs is 2. The Hall–Kier alpha value is -3.25. The zero-order valence-electron chi connectivity index (χ0n) is 16.2. The number of aryl methyl sites for hydroxylation is 3. The number of nitrogens with one attached hydrogen (secondary N) is 1. The van der Waals surface area contributed by atoms with Crippen molar-refractivity contribution in [1.29, 1.82) is 0 Å². The molecule has 3 aromatic carbocycles. The molecule has 3 aromatic rings. The predicted molar refractivity (Wildman–Crippen MR) is 111 cm³/mol. The maximum Gasteiger partial charge on any atom is 0.261 e. The van der Waals surface area contributed by atoms with Crippen molar-refractivity contribution in [3.63, 3.8) is 0 Å². The molecule has 5 nitrogen and oxygen atoms in total. The van der Waals surface area contributed by atoms with E-state index in [4.69, 9.17) is 0 Å². The Bertz CT molecular complexity index is 1280. The number of hydrogen-bond donors (Lipinski definition) is 1. The molecule has 146 valence electrons. The van der Waals surface area contributed by atoms with Gasteiger partial charge in [-0.05, 0) is 50.1 Å². The second-order valence-electron chi connectivity index (χ2n) is 7.29. The van der Waals surface area contributed by atoms with Gasteiger partial charge in [0.1, 0.15) is 0 Å². The summed E-state index contributed by atoms with van der Waals surface area (Å²) in [7, 11) is -3.94. The molecule has 0 radical (unpaired) electrons. The first-order valence-corrected chi connectivity index (χ1v) is 10.6. The van der Waals surface area contributed by atoms with Gasteiger partial charge in [-0.25, -0.2) is 8.42 Å². The van der Waals surface area contributed by atoms with Crippen molar-refractivity contribution in [2.75, 3.05) is 4.72 Å². The number of carbonyl (C=O) groups excluding carboxylic acids is 2. The highest BCUT2D eigenvalue weighted by Gasteiger charge is 2.31. The molecular formula is C23H19NO4S. The number of carbonyl (C=O) groups is 2. The molecule has 29 heavy (non-hydrogen) atoms. The van der Waals surface area contributed by atoms with Crippen LogP contribution in [0.4, 0.5) is 5.69 Å². The van der Waals surface area contributed by atoms with Crippen LogP contribution in [0.2, 0.25) is 0 Å². The molecule has 0 aromatic heterocycles. The summed E-state index contributed by atoms with van der Waals surface area (Å²) in [6, 6.07) is 14.4. The van der Waals surface area contributed by atoms with Crippen LogP contribution in [0, 0.1) is 20.8 Å². The molecule has 0 amide bonds. The third-order valence-electron chi connectivity index (χ3n) is 5.12. The van der Waals surface area contributed by atoms with Crippen LogP contribution in [0.25, 0.3) is 0 Å². The maximum atomic E-state index is 13.0. The quantitative estimate of drug-likeness (QED) is 0.554. The fourth-order valence-corrected chi connectivity index (χ4v) is 5.01. The molecule has 0 saturated carbocycles. The van der Waals surface area contributed by atoms with E-state index in [0.29, 0.717) is 11.3 Å². The summed E-state index contributed by atoms with van der Waals surface area (Å²) in [5.74, 6) is -0.632. The number of hydrogen-bond acceptors (Lipinski definition) is 4. The van der Waals surface area contributed by atoms with Crippen molar-refractivity contribution in [3.05, 3.63) is 93.5 Å². The molecule has 1 aliphatic carbocycles. The lowest BCUT2D eigenvalue weighted by Crippen LogP contribution is -2.22. The molecule has 0 fully saturated rings. The van der Waals surface area contributed by atoms with Gasteiger partial charge in [-0.1, -0.05) is 42.0 Å². The van der Waals surface area contributed by atoms with Crippen LogP contribution in [0.1, 0.15) is 48.5 Å². The molecule has 0 spiro atoms. The van der Waals surface area contributed by atoms with Crippen LogP contribution >= 0.6 is 0 Å². The van der Waals surface area contributed by atoms with E-state index in [1.165, 1.54) is 18.2 Å². The number of ketones is 2. The van der Waals surface area contributed by atoms with Crippen molar-refractivity contribution in [2.45, 2.75) is 25.7 Å². The van der Waals surface area contributed by atoms with E-state index in [9.17, 15) is 18.0 Å². The van der Waals surface area contributed by atoms with Crippen LogP contribution < -0.4 is 4.72 Å². The van der Waals surface area contributed by atoms with Gasteiger partial charge < -0.3 is 0 Å². The Morgan fingerprint density at radius 3 is 1.79 bits per heavy atom. The molecule has 0 unspecified atom stereocenters. The predicted octanol–water partition coefficient (Wildman–Crippen LogP) is 4.19. The summed E-state index contributed by atoms with van der Waals surface area (Å²) in [6.45, 7) is 5.62. The van der Waals surface area contributed by atoms with E-state index in [0.717, 1.165) is 16.7 Å². The Labute approximate surface area is 169 Å². The molecular weight excluding hydrogens is 386 g/mol. The Morgan fingerprint density at radius 2 is 1.21 bits per heavy atom.